The van der Waals surface area contributed by atoms with Crippen molar-refractivity contribution in [2.75, 3.05) is 5.33 Å². The van der Waals surface area contributed by atoms with Crippen LogP contribution < -0.4 is 0 Å². The Labute approximate surface area is 154 Å². The van der Waals surface area contributed by atoms with E-state index in [1.807, 2.05) is 0 Å². The highest BCUT2D eigenvalue weighted by molar-refractivity contribution is 9.10. The molecule has 0 aliphatic rings. The largest absolute Gasteiger partial charge is 0.480 e. The molecule has 0 amide bonds. The monoisotopic (exact) mass is 440 g/mol. The molecule has 0 aromatic rings. The summed E-state index contributed by atoms with van der Waals surface area (Å²) >= 11 is 6.66. The number of hydrogen-bond acceptors (Lipinski definition) is 1. The average Bonchev–Trinajstić information content (AvgIpc) is 2.50. The molecule has 0 heterocycles. The number of carboxylic acid groups (broad SMARTS) is 1. The molecule has 1 N–H and O–H groups in total. The highest BCUT2D eigenvalue weighted by atomic mass is 79.9. The summed E-state index contributed by atoms with van der Waals surface area (Å²) in [6.45, 7) is 0. The zero-order valence-electron chi connectivity index (χ0n) is 14.0. The summed E-state index contributed by atoms with van der Waals surface area (Å²) in [5.74, 6) is -0.733. The van der Waals surface area contributed by atoms with Crippen molar-refractivity contribution in [2.24, 2.45) is 0 Å². The van der Waals surface area contributed by atoms with Gasteiger partial charge in [-0.15, -0.1) is 0 Å². The summed E-state index contributed by atoms with van der Waals surface area (Å²) in [6.07, 6.45) is 19.4. The molecule has 0 saturated carbocycles. The van der Waals surface area contributed by atoms with E-state index in [1.54, 1.807) is 0 Å². The van der Waals surface area contributed by atoms with Gasteiger partial charge in [0.2, 0.25) is 0 Å². The van der Waals surface area contributed by atoms with Crippen LogP contribution in [-0.2, 0) is 4.79 Å². The van der Waals surface area contributed by atoms with Crippen molar-refractivity contribution in [3.05, 3.63) is 0 Å². The van der Waals surface area contributed by atoms with Crippen LogP contribution in [-0.4, -0.2) is 21.2 Å². The molecule has 1 unspecified atom stereocenters. The van der Waals surface area contributed by atoms with Crippen molar-refractivity contribution >= 4 is 37.8 Å². The van der Waals surface area contributed by atoms with Crippen LogP contribution >= 0.6 is 31.9 Å². The Morgan fingerprint density at radius 3 is 1.32 bits per heavy atom. The molecule has 0 rings (SSSR count). The standard InChI is InChI=1S/C18H34Br2O2/c19-16-14-12-10-8-6-4-2-1-3-5-7-9-11-13-15-17(20)18(21)22/h17H,1-16H2,(H,21,22). The maximum atomic E-state index is 10.6. The van der Waals surface area contributed by atoms with E-state index in [9.17, 15) is 4.79 Å². The number of unbranched alkanes of at least 4 members (excludes halogenated alkanes) is 13. The van der Waals surface area contributed by atoms with E-state index in [0.29, 0.717) is 0 Å². The van der Waals surface area contributed by atoms with Gasteiger partial charge in [0.1, 0.15) is 4.83 Å². The zero-order chi connectivity index (χ0) is 16.5. The van der Waals surface area contributed by atoms with Gasteiger partial charge >= 0.3 is 5.97 Å². The zero-order valence-corrected chi connectivity index (χ0v) is 17.2. The molecule has 0 saturated heterocycles. The van der Waals surface area contributed by atoms with E-state index in [4.69, 9.17) is 5.11 Å². The Morgan fingerprint density at radius 2 is 1.00 bits per heavy atom. The number of hydrogen-bond donors (Lipinski definition) is 1. The topological polar surface area (TPSA) is 37.3 Å². The van der Waals surface area contributed by atoms with E-state index < -0.39 is 5.97 Å². The second kappa shape index (κ2) is 17.8. The third kappa shape index (κ3) is 16.8. The minimum absolute atomic E-state index is 0.355. The molecule has 0 aliphatic heterocycles. The Kier molecular flexibility index (Phi) is 18.1. The van der Waals surface area contributed by atoms with Crippen molar-refractivity contribution in [1.29, 1.82) is 0 Å². The number of aliphatic carboxylic acids is 1. The van der Waals surface area contributed by atoms with E-state index in [1.165, 1.54) is 83.5 Å². The lowest BCUT2D eigenvalue weighted by Gasteiger charge is -2.05. The lowest BCUT2D eigenvalue weighted by Crippen LogP contribution is -2.11. The lowest BCUT2D eigenvalue weighted by molar-refractivity contribution is -0.136. The number of rotatable bonds is 17. The molecule has 1 atom stereocenters. The highest BCUT2D eigenvalue weighted by Crippen LogP contribution is 2.15. The van der Waals surface area contributed by atoms with Gasteiger partial charge in [-0.05, 0) is 12.8 Å². The summed E-state index contributed by atoms with van der Waals surface area (Å²) in [6, 6.07) is 0. The molecular formula is C18H34Br2O2. The Hall–Kier alpha value is 0.430. The predicted octanol–water partition coefficient (Wildman–Crippen LogP) is 7.08. The summed E-state index contributed by atoms with van der Waals surface area (Å²) in [4.78, 5) is 10.3. The molecule has 0 spiro atoms. The second-order valence-electron chi connectivity index (χ2n) is 6.23. The summed E-state index contributed by atoms with van der Waals surface area (Å²) in [5.41, 5.74) is 0. The third-order valence-corrected chi connectivity index (χ3v) is 5.52. The van der Waals surface area contributed by atoms with Crippen LogP contribution in [0.1, 0.15) is 96.3 Å². The molecule has 0 aliphatic carbocycles. The van der Waals surface area contributed by atoms with E-state index >= 15 is 0 Å². The first kappa shape index (κ1) is 22.4. The number of halogens is 2. The van der Waals surface area contributed by atoms with Gasteiger partial charge in [0.05, 0.1) is 0 Å². The van der Waals surface area contributed by atoms with Crippen LogP contribution in [0.15, 0.2) is 0 Å². The predicted molar refractivity (Wildman–Crippen MR) is 103 cm³/mol. The molecule has 0 fully saturated rings. The molecule has 22 heavy (non-hydrogen) atoms. The van der Waals surface area contributed by atoms with Gasteiger partial charge in [-0.1, -0.05) is 115 Å². The number of alkyl halides is 2. The van der Waals surface area contributed by atoms with Crippen LogP contribution in [0.3, 0.4) is 0 Å². The Bertz CT molecular complexity index is 247. The maximum Gasteiger partial charge on any atom is 0.317 e. The Balaban J connectivity index is 3.04. The van der Waals surface area contributed by atoms with E-state index in [0.717, 1.165) is 18.2 Å². The van der Waals surface area contributed by atoms with Crippen LogP contribution in [0.25, 0.3) is 0 Å². The molecular weight excluding hydrogens is 408 g/mol. The Morgan fingerprint density at radius 1 is 0.682 bits per heavy atom. The molecule has 4 heteroatoms. The second-order valence-corrected chi connectivity index (χ2v) is 8.13. The van der Waals surface area contributed by atoms with Gasteiger partial charge in [0.15, 0.2) is 0 Å². The fourth-order valence-electron chi connectivity index (χ4n) is 2.66. The minimum Gasteiger partial charge on any atom is -0.480 e. The van der Waals surface area contributed by atoms with Crippen molar-refractivity contribution in [3.63, 3.8) is 0 Å². The minimum atomic E-state index is -0.733. The van der Waals surface area contributed by atoms with E-state index in [2.05, 4.69) is 31.9 Å². The van der Waals surface area contributed by atoms with Gasteiger partial charge in [-0.3, -0.25) is 4.79 Å². The molecule has 0 bridgehead atoms. The molecule has 0 radical (unpaired) electrons. The van der Waals surface area contributed by atoms with Crippen LogP contribution in [0.5, 0.6) is 0 Å². The van der Waals surface area contributed by atoms with E-state index in [-0.39, 0.29) is 4.83 Å². The van der Waals surface area contributed by atoms with Gasteiger partial charge in [-0.2, -0.15) is 0 Å². The van der Waals surface area contributed by atoms with Gasteiger partial charge in [-0.25, -0.2) is 0 Å². The van der Waals surface area contributed by atoms with Gasteiger partial charge < -0.3 is 5.11 Å². The maximum absolute atomic E-state index is 10.6. The molecule has 0 aromatic carbocycles. The fraction of sp³-hybridized carbons (Fsp3) is 0.944. The average molecular weight is 442 g/mol. The molecule has 132 valence electrons. The SMILES string of the molecule is O=C(O)C(Br)CCCCCCCCCCCCCCCCBr. The normalized spacial score (nSPS) is 12.5. The first-order chi connectivity index (χ1) is 10.7. The van der Waals surface area contributed by atoms with Crippen LogP contribution in [0.2, 0.25) is 0 Å². The van der Waals surface area contributed by atoms with Crippen molar-refractivity contribution in [3.8, 4) is 0 Å². The van der Waals surface area contributed by atoms with Gasteiger partial charge in [0, 0.05) is 5.33 Å². The molecule has 2 nitrogen and oxygen atoms in total. The summed E-state index contributed by atoms with van der Waals surface area (Å²) < 4.78 is 0. The smallest absolute Gasteiger partial charge is 0.317 e. The summed E-state index contributed by atoms with van der Waals surface area (Å²) in [7, 11) is 0. The fourth-order valence-corrected chi connectivity index (χ4v) is 3.38. The number of carboxylic acids is 1. The van der Waals surface area contributed by atoms with Crippen molar-refractivity contribution in [1.82, 2.24) is 0 Å². The van der Waals surface area contributed by atoms with Crippen molar-refractivity contribution < 1.29 is 9.90 Å². The molecule has 0 aromatic heterocycles. The number of carbonyl (C=O) groups is 1. The van der Waals surface area contributed by atoms with Crippen LogP contribution in [0.4, 0.5) is 0 Å². The quantitative estimate of drug-likeness (QED) is 0.193. The third-order valence-electron chi connectivity index (χ3n) is 4.11. The van der Waals surface area contributed by atoms with Crippen molar-refractivity contribution in [2.45, 2.75) is 101 Å². The highest BCUT2D eigenvalue weighted by Gasteiger charge is 2.11. The van der Waals surface area contributed by atoms with Gasteiger partial charge in [0.25, 0.3) is 0 Å². The summed E-state index contributed by atoms with van der Waals surface area (Å²) in [5, 5.41) is 9.90. The first-order valence-electron chi connectivity index (χ1n) is 9.11. The first-order valence-corrected chi connectivity index (χ1v) is 11.1. The van der Waals surface area contributed by atoms with Crippen LogP contribution in [0, 0.1) is 0 Å². The lowest BCUT2D eigenvalue weighted by atomic mass is 10.0.